The van der Waals surface area contributed by atoms with E-state index >= 15 is 0 Å². The summed E-state index contributed by atoms with van der Waals surface area (Å²) in [5.74, 6) is 2.03. The SMILES string of the molecule is C[C@H](CCCBr)C1CCCCC1. The topological polar surface area (TPSA) is 0 Å². The molecule has 1 aliphatic carbocycles. The van der Waals surface area contributed by atoms with E-state index in [4.69, 9.17) is 0 Å². The van der Waals surface area contributed by atoms with Gasteiger partial charge >= 0.3 is 0 Å². The Bertz CT molecular complexity index is 106. The molecule has 1 saturated carbocycles. The molecule has 0 N–H and O–H groups in total. The molecule has 0 aromatic carbocycles. The van der Waals surface area contributed by atoms with Crippen molar-refractivity contribution in [3.8, 4) is 0 Å². The summed E-state index contributed by atoms with van der Waals surface area (Å²) in [5, 5.41) is 1.18. The third-order valence-corrected chi connectivity index (χ3v) is 3.81. The molecule has 0 spiro atoms. The van der Waals surface area contributed by atoms with Crippen LogP contribution in [0.25, 0.3) is 0 Å². The molecular formula is C11H21Br. The van der Waals surface area contributed by atoms with Gasteiger partial charge < -0.3 is 0 Å². The zero-order chi connectivity index (χ0) is 8.81. The van der Waals surface area contributed by atoms with Gasteiger partial charge in [0, 0.05) is 5.33 Å². The van der Waals surface area contributed by atoms with Gasteiger partial charge in [-0.05, 0) is 24.7 Å². The lowest BCUT2D eigenvalue weighted by atomic mass is 9.79. The van der Waals surface area contributed by atoms with Gasteiger partial charge in [-0.3, -0.25) is 0 Å². The summed E-state index contributed by atoms with van der Waals surface area (Å²) >= 11 is 3.50. The van der Waals surface area contributed by atoms with E-state index in [1.54, 1.807) is 0 Å². The smallest absolute Gasteiger partial charge is 0.00314 e. The van der Waals surface area contributed by atoms with Crippen LogP contribution in [0.3, 0.4) is 0 Å². The van der Waals surface area contributed by atoms with Gasteiger partial charge in [0.1, 0.15) is 0 Å². The molecule has 0 saturated heterocycles. The van der Waals surface area contributed by atoms with Crippen molar-refractivity contribution < 1.29 is 0 Å². The van der Waals surface area contributed by atoms with E-state index < -0.39 is 0 Å². The number of hydrogen-bond acceptors (Lipinski definition) is 0. The fourth-order valence-corrected chi connectivity index (χ4v) is 2.66. The highest BCUT2D eigenvalue weighted by molar-refractivity contribution is 9.09. The second-order valence-corrected chi connectivity index (χ2v) is 5.00. The number of alkyl halides is 1. The van der Waals surface area contributed by atoms with E-state index in [0.29, 0.717) is 0 Å². The van der Waals surface area contributed by atoms with Crippen LogP contribution in [0.15, 0.2) is 0 Å². The Labute approximate surface area is 85.3 Å². The van der Waals surface area contributed by atoms with Gasteiger partial charge in [-0.2, -0.15) is 0 Å². The summed E-state index contributed by atoms with van der Waals surface area (Å²) in [6, 6.07) is 0. The maximum Gasteiger partial charge on any atom is 0.00314 e. The summed E-state index contributed by atoms with van der Waals surface area (Å²) in [6.45, 7) is 2.44. The molecule has 1 atom stereocenters. The fourth-order valence-electron chi connectivity index (χ4n) is 2.34. The summed E-state index contributed by atoms with van der Waals surface area (Å²) in [4.78, 5) is 0. The highest BCUT2D eigenvalue weighted by atomic mass is 79.9. The maximum absolute atomic E-state index is 3.50. The summed E-state index contributed by atoms with van der Waals surface area (Å²) in [6.07, 6.45) is 10.3. The van der Waals surface area contributed by atoms with Gasteiger partial charge in [0.15, 0.2) is 0 Å². The van der Waals surface area contributed by atoms with Gasteiger partial charge in [-0.15, -0.1) is 0 Å². The van der Waals surface area contributed by atoms with Crippen molar-refractivity contribution in [2.45, 2.75) is 51.9 Å². The Hall–Kier alpha value is 0.480. The van der Waals surface area contributed by atoms with Crippen molar-refractivity contribution in [2.24, 2.45) is 11.8 Å². The summed E-state index contributed by atoms with van der Waals surface area (Å²) < 4.78 is 0. The molecule has 12 heavy (non-hydrogen) atoms. The van der Waals surface area contributed by atoms with Gasteiger partial charge in [0.2, 0.25) is 0 Å². The molecule has 0 aromatic heterocycles. The van der Waals surface area contributed by atoms with Crippen LogP contribution >= 0.6 is 15.9 Å². The quantitative estimate of drug-likeness (QED) is 0.632. The zero-order valence-electron chi connectivity index (χ0n) is 8.19. The van der Waals surface area contributed by atoms with Crippen molar-refractivity contribution in [1.82, 2.24) is 0 Å². The first kappa shape index (κ1) is 10.6. The lowest BCUT2D eigenvalue weighted by Gasteiger charge is -2.27. The van der Waals surface area contributed by atoms with Crippen LogP contribution in [0.4, 0.5) is 0 Å². The highest BCUT2D eigenvalue weighted by Gasteiger charge is 2.18. The molecule has 0 unspecified atom stereocenters. The molecule has 0 aliphatic heterocycles. The number of halogens is 1. The molecule has 0 bridgehead atoms. The Morgan fingerprint density at radius 1 is 1.25 bits per heavy atom. The average molecular weight is 233 g/mol. The van der Waals surface area contributed by atoms with Crippen LogP contribution in [0, 0.1) is 11.8 Å². The van der Waals surface area contributed by atoms with Crippen molar-refractivity contribution >= 4 is 15.9 Å². The number of hydrogen-bond donors (Lipinski definition) is 0. The standard InChI is InChI=1S/C11H21Br/c1-10(6-5-9-12)11-7-3-2-4-8-11/h10-11H,2-9H2,1H3/t10-/m1/s1. The van der Waals surface area contributed by atoms with Gasteiger partial charge in [-0.1, -0.05) is 55.0 Å². The van der Waals surface area contributed by atoms with Crippen LogP contribution in [-0.4, -0.2) is 5.33 Å². The van der Waals surface area contributed by atoms with Gasteiger partial charge in [0.25, 0.3) is 0 Å². The monoisotopic (exact) mass is 232 g/mol. The molecule has 1 fully saturated rings. The zero-order valence-corrected chi connectivity index (χ0v) is 9.78. The molecule has 0 aromatic rings. The van der Waals surface area contributed by atoms with Crippen LogP contribution in [0.5, 0.6) is 0 Å². The minimum absolute atomic E-state index is 0.975. The molecule has 72 valence electrons. The number of rotatable bonds is 4. The largest absolute Gasteiger partial charge is 0.0928 e. The molecule has 0 heterocycles. The average Bonchev–Trinajstić information content (AvgIpc) is 2.15. The van der Waals surface area contributed by atoms with E-state index in [0.717, 1.165) is 11.8 Å². The Balaban J connectivity index is 2.15. The first-order chi connectivity index (χ1) is 5.84. The lowest BCUT2D eigenvalue weighted by molar-refractivity contribution is 0.251. The van der Waals surface area contributed by atoms with Crippen molar-refractivity contribution in [3.05, 3.63) is 0 Å². The van der Waals surface area contributed by atoms with E-state index in [1.165, 1.54) is 50.3 Å². The van der Waals surface area contributed by atoms with Crippen molar-refractivity contribution in [2.75, 3.05) is 5.33 Å². The minimum atomic E-state index is 0.975. The molecule has 1 heteroatoms. The van der Waals surface area contributed by atoms with Crippen LogP contribution < -0.4 is 0 Å². The molecule has 1 rings (SSSR count). The van der Waals surface area contributed by atoms with Crippen LogP contribution in [0.1, 0.15) is 51.9 Å². The second kappa shape index (κ2) is 6.01. The lowest BCUT2D eigenvalue weighted by Crippen LogP contribution is -2.15. The predicted molar refractivity (Wildman–Crippen MR) is 58.8 cm³/mol. The molecular weight excluding hydrogens is 212 g/mol. The maximum atomic E-state index is 3.50. The van der Waals surface area contributed by atoms with E-state index in [-0.39, 0.29) is 0 Å². The minimum Gasteiger partial charge on any atom is -0.0928 e. The first-order valence-corrected chi connectivity index (χ1v) is 6.52. The van der Waals surface area contributed by atoms with E-state index in [1.807, 2.05) is 0 Å². The third-order valence-electron chi connectivity index (χ3n) is 3.25. The summed E-state index contributed by atoms with van der Waals surface area (Å²) in [5.41, 5.74) is 0. The Morgan fingerprint density at radius 2 is 1.92 bits per heavy atom. The first-order valence-electron chi connectivity index (χ1n) is 5.40. The van der Waals surface area contributed by atoms with Crippen LogP contribution in [0.2, 0.25) is 0 Å². The molecule has 0 radical (unpaired) electrons. The summed E-state index contributed by atoms with van der Waals surface area (Å²) in [7, 11) is 0. The van der Waals surface area contributed by atoms with Crippen LogP contribution in [-0.2, 0) is 0 Å². The van der Waals surface area contributed by atoms with Crippen molar-refractivity contribution in [1.29, 1.82) is 0 Å². The third kappa shape index (κ3) is 3.47. The highest BCUT2D eigenvalue weighted by Crippen LogP contribution is 2.31. The van der Waals surface area contributed by atoms with E-state index in [2.05, 4.69) is 22.9 Å². The fraction of sp³-hybridized carbons (Fsp3) is 1.00. The Kier molecular flexibility index (Phi) is 5.29. The van der Waals surface area contributed by atoms with Gasteiger partial charge in [-0.25, -0.2) is 0 Å². The second-order valence-electron chi connectivity index (χ2n) is 4.21. The van der Waals surface area contributed by atoms with E-state index in [9.17, 15) is 0 Å². The normalized spacial score (nSPS) is 22.5. The Morgan fingerprint density at radius 3 is 2.50 bits per heavy atom. The molecule has 1 aliphatic rings. The predicted octanol–water partition coefficient (Wildman–Crippen LogP) is 4.38. The van der Waals surface area contributed by atoms with Gasteiger partial charge in [0.05, 0.1) is 0 Å². The molecule has 0 amide bonds. The van der Waals surface area contributed by atoms with Crippen molar-refractivity contribution in [3.63, 3.8) is 0 Å². The molecule has 0 nitrogen and oxygen atoms in total.